The lowest BCUT2D eigenvalue weighted by molar-refractivity contribution is 0.577. The van der Waals surface area contributed by atoms with Crippen LogP contribution in [0.2, 0.25) is 0 Å². The molecule has 2 nitrogen and oxygen atoms in total. The molecule has 0 heterocycles. The van der Waals surface area contributed by atoms with Crippen molar-refractivity contribution in [2.24, 2.45) is 5.92 Å². The van der Waals surface area contributed by atoms with Gasteiger partial charge in [0, 0.05) is 0 Å². The van der Waals surface area contributed by atoms with Crippen LogP contribution in [0.3, 0.4) is 0 Å². The fourth-order valence-electron chi connectivity index (χ4n) is 0.470. The van der Waals surface area contributed by atoms with E-state index in [9.17, 15) is 8.42 Å². The van der Waals surface area contributed by atoms with Crippen molar-refractivity contribution < 1.29 is 8.42 Å². The summed E-state index contributed by atoms with van der Waals surface area (Å²) in [4.78, 5) is 0. The van der Waals surface area contributed by atoms with Crippen molar-refractivity contribution in [2.45, 2.75) is 20.3 Å². The van der Waals surface area contributed by atoms with Gasteiger partial charge in [0.1, 0.15) is 5.21 Å². The average Bonchev–Trinajstić information content (AvgIpc) is 1.85. The second-order valence-electron chi connectivity index (χ2n) is 2.74. The molecule has 0 rings (SSSR count). The predicted molar refractivity (Wildman–Crippen MR) is 44.0 cm³/mol. The Bertz CT molecular complexity index is 172. The van der Waals surface area contributed by atoms with Gasteiger partial charge in [0.2, 0.25) is 0 Å². The van der Waals surface area contributed by atoms with Crippen molar-refractivity contribution in [2.75, 3.05) is 11.0 Å². The van der Waals surface area contributed by atoms with E-state index in [2.05, 4.69) is 0 Å². The van der Waals surface area contributed by atoms with E-state index in [4.69, 9.17) is 11.6 Å². The highest BCUT2D eigenvalue weighted by atomic mass is 35.5. The zero-order valence-corrected chi connectivity index (χ0v) is 7.87. The third-order valence-electron chi connectivity index (χ3n) is 1.17. The zero-order chi connectivity index (χ0) is 8.20. The molecule has 0 aromatic heterocycles. The quantitative estimate of drug-likeness (QED) is 0.623. The third kappa shape index (κ3) is 5.06. The second-order valence-corrected chi connectivity index (χ2v) is 5.51. The van der Waals surface area contributed by atoms with Crippen LogP contribution >= 0.6 is 11.6 Å². The van der Waals surface area contributed by atoms with Crippen LogP contribution in [0.5, 0.6) is 0 Å². The minimum Gasteiger partial charge on any atom is -0.228 e. The summed E-state index contributed by atoms with van der Waals surface area (Å²) in [6.07, 6.45) is 0.703. The van der Waals surface area contributed by atoms with Gasteiger partial charge in [0.25, 0.3) is 0 Å². The standard InChI is InChI=1S/C6H13ClO2S/c1-6(2)3-4-10(8,9)5-7/h6H,3-5H2,1-2H3. The van der Waals surface area contributed by atoms with E-state index in [0.717, 1.165) is 0 Å². The summed E-state index contributed by atoms with van der Waals surface area (Å²) in [6.45, 7) is 3.98. The zero-order valence-electron chi connectivity index (χ0n) is 6.30. The van der Waals surface area contributed by atoms with Gasteiger partial charge in [-0.05, 0) is 12.3 Å². The molecule has 0 spiro atoms. The first-order valence-corrected chi connectivity index (χ1v) is 5.60. The number of sulfone groups is 1. The van der Waals surface area contributed by atoms with Crippen molar-refractivity contribution in [1.29, 1.82) is 0 Å². The molecule has 10 heavy (non-hydrogen) atoms. The molecule has 0 aliphatic heterocycles. The van der Waals surface area contributed by atoms with Crippen molar-refractivity contribution in [3.05, 3.63) is 0 Å². The topological polar surface area (TPSA) is 34.1 Å². The first-order valence-electron chi connectivity index (χ1n) is 3.24. The smallest absolute Gasteiger partial charge is 0.164 e. The molecule has 62 valence electrons. The SMILES string of the molecule is CC(C)CCS(=O)(=O)CCl. The molecule has 4 heteroatoms. The maximum atomic E-state index is 10.8. The molecular formula is C6H13ClO2S. The Hall–Kier alpha value is 0.240. The van der Waals surface area contributed by atoms with Gasteiger partial charge >= 0.3 is 0 Å². The van der Waals surface area contributed by atoms with E-state index in [1.54, 1.807) is 0 Å². The van der Waals surface area contributed by atoms with Crippen LogP contribution in [0.25, 0.3) is 0 Å². The lowest BCUT2D eigenvalue weighted by atomic mass is 10.2. The number of hydrogen-bond acceptors (Lipinski definition) is 2. The molecule has 0 aliphatic rings. The summed E-state index contributed by atoms with van der Waals surface area (Å²) in [5, 5.41) is -0.250. The van der Waals surface area contributed by atoms with E-state index in [1.807, 2.05) is 13.8 Å². The lowest BCUT2D eigenvalue weighted by Crippen LogP contribution is -2.09. The highest BCUT2D eigenvalue weighted by Gasteiger charge is 2.08. The fraction of sp³-hybridized carbons (Fsp3) is 1.00. The molecule has 0 aromatic rings. The third-order valence-corrected chi connectivity index (χ3v) is 3.36. The molecule has 0 bridgehead atoms. The first-order chi connectivity index (χ1) is 4.48. The number of rotatable bonds is 4. The molecule has 0 amide bonds. The number of hydrogen-bond donors (Lipinski definition) is 0. The summed E-state index contributed by atoms with van der Waals surface area (Å²) in [5.41, 5.74) is 0. The molecule has 0 N–H and O–H groups in total. The van der Waals surface area contributed by atoms with Gasteiger partial charge in [-0.15, -0.1) is 11.6 Å². The Morgan fingerprint density at radius 1 is 1.40 bits per heavy atom. The van der Waals surface area contributed by atoms with E-state index in [0.29, 0.717) is 12.3 Å². The largest absolute Gasteiger partial charge is 0.228 e. The van der Waals surface area contributed by atoms with Crippen LogP contribution in [0.1, 0.15) is 20.3 Å². The van der Waals surface area contributed by atoms with Crippen LogP contribution in [0.4, 0.5) is 0 Å². The van der Waals surface area contributed by atoms with Crippen LogP contribution in [0, 0.1) is 5.92 Å². The van der Waals surface area contributed by atoms with Gasteiger partial charge in [0.15, 0.2) is 9.84 Å². The summed E-state index contributed by atoms with van der Waals surface area (Å²) >= 11 is 5.19. The molecule has 0 saturated carbocycles. The summed E-state index contributed by atoms with van der Waals surface area (Å²) in [6, 6.07) is 0. The van der Waals surface area contributed by atoms with Crippen molar-refractivity contribution in [3.8, 4) is 0 Å². The fourth-order valence-corrected chi connectivity index (χ4v) is 1.74. The number of halogens is 1. The van der Waals surface area contributed by atoms with Gasteiger partial charge in [-0.2, -0.15) is 0 Å². The molecule has 0 atom stereocenters. The van der Waals surface area contributed by atoms with E-state index in [-0.39, 0.29) is 11.0 Å². The lowest BCUT2D eigenvalue weighted by Gasteiger charge is -2.02. The van der Waals surface area contributed by atoms with Crippen LogP contribution in [-0.2, 0) is 9.84 Å². The molecule has 0 unspecified atom stereocenters. The minimum atomic E-state index is -2.95. The van der Waals surface area contributed by atoms with E-state index in [1.165, 1.54) is 0 Å². The van der Waals surface area contributed by atoms with Gasteiger partial charge < -0.3 is 0 Å². The summed E-state index contributed by atoms with van der Waals surface area (Å²) in [7, 11) is -2.95. The Kier molecular flexibility index (Phi) is 4.29. The van der Waals surface area contributed by atoms with Crippen molar-refractivity contribution in [3.63, 3.8) is 0 Å². The van der Waals surface area contributed by atoms with Gasteiger partial charge in [-0.25, -0.2) is 8.42 Å². The van der Waals surface area contributed by atoms with Crippen LogP contribution < -0.4 is 0 Å². The van der Waals surface area contributed by atoms with Crippen molar-refractivity contribution in [1.82, 2.24) is 0 Å². The molecule has 0 aliphatic carbocycles. The van der Waals surface area contributed by atoms with E-state index >= 15 is 0 Å². The highest BCUT2D eigenvalue weighted by molar-refractivity contribution is 7.92. The van der Waals surface area contributed by atoms with Gasteiger partial charge in [-0.1, -0.05) is 13.8 Å². The molecule has 0 radical (unpaired) electrons. The number of alkyl halides is 1. The summed E-state index contributed by atoms with van der Waals surface area (Å²) < 4.78 is 21.5. The van der Waals surface area contributed by atoms with Gasteiger partial charge in [0.05, 0.1) is 5.75 Å². The Morgan fingerprint density at radius 2 is 1.90 bits per heavy atom. The first kappa shape index (κ1) is 10.2. The van der Waals surface area contributed by atoms with Gasteiger partial charge in [-0.3, -0.25) is 0 Å². The Morgan fingerprint density at radius 3 is 2.20 bits per heavy atom. The second kappa shape index (κ2) is 4.19. The molecule has 0 aromatic carbocycles. The van der Waals surface area contributed by atoms with Crippen LogP contribution in [0.15, 0.2) is 0 Å². The molecule has 0 fully saturated rings. The minimum absolute atomic E-state index is 0.216. The predicted octanol–water partition coefficient (Wildman–Crippen LogP) is 1.64. The van der Waals surface area contributed by atoms with Crippen molar-refractivity contribution >= 4 is 21.4 Å². The normalized spacial score (nSPS) is 12.4. The maximum absolute atomic E-state index is 10.8. The Balaban J connectivity index is 3.70. The monoisotopic (exact) mass is 184 g/mol. The Labute approximate surface area is 67.5 Å². The molecular weight excluding hydrogens is 172 g/mol. The molecule has 0 saturated heterocycles. The highest BCUT2D eigenvalue weighted by Crippen LogP contribution is 2.04. The van der Waals surface area contributed by atoms with Crippen LogP contribution in [-0.4, -0.2) is 19.4 Å². The maximum Gasteiger partial charge on any atom is 0.164 e. The average molecular weight is 185 g/mol. The summed E-state index contributed by atoms with van der Waals surface area (Å²) in [5.74, 6) is 0.645. The van der Waals surface area contributed by atoms with E-state index < -0.39 is 9.84 Å².